The van der Waals surface area contributed by atoms with Crippen LogP contribution in [0.5, 0.6) is 0 Å². The van der Waals surface area contributed by atoms with Crippen molar-refractivity contribution in [1.29, 1.82) is 0 Å². The van der Waals surface area contributed by atoms with Crippen LogP contribution >= 0.6 is 0 Å². The number of benzene rings is 1. The molecule has 0 aliphatic rings. The number of fused-ring (bicyclic) bond motifs is 1. The van der Waals surface area contributed by atoms with Crippen LogP contribution < -0.4 is 16.2 Å². The number of carbonyl (C=O) groups excluding carboxylic acids is 2. The number of hydrazine groups is 1. The van der Waals surface area contributed by atoms with Crippen LogP contribution in [-0.2, 0) is 0 Å². The lowest BCUT2D eigenvalue weighted by Crippen LogP contribution is -2.38. The molecule has 25 heavy (non-hydrogen) atoms. The van der Waals surface area contributed by atoms with Gasteiger partial charge in [0.1, 0.15) is 5.69 Å². The summed E-state index contributed by atoms with van der Waals surface area (Å²) in [4.78, 5) is 35.2. The van der Waals surface area contributed by atoms with E-state index in [1.807, 2.05) is 25.3 Å². The number of aromatic nitrogens is 3. The highest BCUT2D eigenvalue weighted by molar-refractivity contribution is 6.05. The fourth-order valence-electron chi connectivity index (χ4n) is 2.22. The lowest BCUT2D eigenvalue weighted by Gasteiger charge is -2.07. The Kier molecular flexibility index (Phi) is 5.00. The van der Waals surface area contributed by atoms with Crippen LogP contribution in [0.2, 0.25) is 0 Å². The van der Waals surface area contributed by atoms with Crippen LogP contribution in [0.4, 0.5) is 5.82 Å². The first-order chi connectivity index (χ1) is 12.2. The first-order valence-electron chi connectivity index (χ1n) is 7.91. The van der Waals surface area contributed by atoms with Crippen molar-refractivity contribution in [3.8, 4) is 0 Å². The van der Waals surface area contributed by atoms with Gasteiger partial charge >= 0.3 is 0 Å². The van der Waals surface area contributed by atoms with E-state index in [1.165, 1.54) is 12.4 Å². The second-order valence-electron chi connectivity index (χ2n) is 5.40. The maximum absolute atomic E-state index is 12.3. The van der Waals surface area contributed by atoms with E-state index in [2.05, 4.69) is 31.1 Å². The number of H-pyrrole nitrogens is 1. The third kappa shape index (κ3) is 3.99. The molecule has 2 heterocycles. The van der Waals surface area contributed by atoms with Crippen LogP contribution in [0.1, 0.15) is 34.2 Å². The van der Waals surface area contributed by atoms with Crippen molar-refractivity contribution >= 4 is 28.5 Å². The van der Waals surface area contributed by atoms with Gasteiger partial charge in [0.05, 0.1) is 12.4 Å². The van der Waals surface area contributed by atoms with Gasteiger partial charge in [0.25, 0.3) is 11.8 Å². The standard InChI is InChI=1S/C17H18N6O2/c1-2-6-21-23-17(25)14-9-20-15(10-19-14)22-16(24)12-3-4-13-11(8-12)5-7-18-13/h3-5,7-10,18,21H,2,6H2,1H3,(H,23,25)(H,20,22,24). The zero-order valence-corrected chi connectivity index (χ0v) is 13.7. The van der Waals surface area contributed by atoms with Gasteiger partial charge in [0, 0.05) is 29.2 Å². The summed E-state index contributed by atoms with van der Waals surface area (Å²) in [6, 6.07) is 7.25. The lowest BCUT2D eigenvalue weighted by molar-refractivity contribution is 0.0927. The molecule has 3 rings (SSSR count). The molecule has 8 heteroatoms. The van der Waals surface area contributed by atoms with Gasteiger partial charge in [-0.15, -0.1) is 0 Å². The molecule has 0 spiro atoms. The van der Waals surface area contributed by atoms with E-state index in [1.54, 1.807) is 12.1 Å². The monoisotopic (exact) mass is 338 g/mol. The maximum Gasteiger partial charge on any atom is 0.285 e. The lowest BCUT2D eigenvalue weighted by atomic mass is 10.1. The third-order valence-corrected chi connectivity index (χ3v) is 3.52. The molecule has 4 N–H and O–H groups in total. The number of nitrogens with zero attached hydrogens (tertiary/aromatic N) is 2. The van der Waals surface area contributed by atoms with E-state index >= 15 is 0 Å². The van der Waals surface area contributed by atoms with E-state index in [0.29, 0.717) is 12.1 Å². The largest absolute Gasteiger partial charge is 0.361 e. The smallest absolute Gasteiger partial charge is 0.285 e. The molecule has 2 aromatic heterocycles. The van der Waals surface area contributed by atoms with Crippen molar-refractivity contribution in [1.82, 2.24) is 25.8 Å². The molecule has 8 nitrogen and oxygen atoms in total. The molecule has 0 aliphatic carbocycles. The molecule has 0 aliphatic heterocycles. The summed E-state index contributed by atoms with van der Waals surface area (Å²) in [7, 11) is 0. The molecule has 0 atom stereocenters. The van der Waals surface area contributed by atoms with Crippen LogP contribution in [0.25, 0.3) is 10.9 Å². The minimum Gasteiger partial charge on any atom is -0.361 e. The van der Waals surface area contributed by atoms with Crippen molar-refractivity contribution in [2.24, 2.45) is 0 Å². The number of hydrogen-bond donors (Lipinski definition) is 4. The Morgan fingerprint density at radius 2 is 2.00 bits per heavy atom. The third-order valence-electron chi connectivity index (χ3n) is 3.52. The minimum atomic E-state index is -0.378. The molecule has 1 aromatic carbocycles. The molecule has 0 saturated heterocycles. The predicted octanol–water partition coefficient (Wildman–Crippen LogP) is 1.85. The van der Waals surface area contributed by atoms with Crippen LogP contribution in [0, 0.1) is 0 Å². The number of carbonyl (C=O) groups is 2. The Labute approximate surface area is 144 Å². The average Bonchev–Trinajstić information content (AvgIpc) is 3.10. The van der Waals surface area contributed by atoms with E-state index in [-0.39, 0.29) is 23.3 Å². The molecule has 0 radical (unpaired) electrons. The van der Waals surface area contributed by atoms with Crippen molar-refractivity contribution < 1.29 is 9.59 Å². The summed E-state index contributed by atoms with van der Waals surface area (Å²) >= 11 is 0. The molecule has 3 aromatic rings. The molecule has 0 unspecified atom stereocenters. The quantitative estimate of drug-likeness (QED) is 0.405. The van der Waals surface area contributed by atoms with Gasteiger partial charge in [-0.1, -0.05) is 6.92 Å². The van der Waals surface area contributed by atoms with E-state index in [0.717, 1.165) is 17.3 Å². The number of aromatic amines is 1. The fraction of sp³-hybridized carbons (Fsp3) is 0.176. The van der Waals surface area contributed by atoms with Gasteiger partial charge < -0.3 is 10.3 Å². The molecule has 0 bridgehead atoms. The Bertz CT molecular complexity index is 888. The number of anilines is 1. The minimum absolute atomic E-state index is 0.162. The first kappa shape index (κ1) is 16.6. The number of amides is 2. The average molecular weight is 338 g/mol. The first-order valence-corrected chi connectivity index (χ1v) is 7.91. The summed E-state index contributed by atoms with van der Waals surface area (Å²) in [6.07, 6.45) is 5.37. The van der Waals surface area contributed by atoms with Gasteiger partial charge in [-0.05, 0) is 30.7 Å². The van der Waals surface area contributed by atoms with Gasteiger partial charge in [0.15, 0.2) is 5.82 Å². The summed E-state index contributed by atoms with van der Waals surface area (Å²) in [5, 5.41) is 3.61. The van der Waals surface area contributed by atoms with Gasteiger partial charge in [-0.3, -0.25) is 15.0 Å². The Hall–Kier alpha value is -3.26. The molecule has 2 amide bonds. The predicted molar refractivity (Wildman–Crippen MR) is 94.0 cm³/mol. The summed E-state index contributed by atoms with van der Waals surface area (Å²) in [6.45, 7) is 2.66. The van der Waals surface area contributed by atoms with E-state index in [4.69, 9.17) is 0 Å². The molecule has 0 saturated carbocycles. The number of nitrogens with one attached hydrogen (secondary N) is 4. The molecule has 0 fully saturated rings. The summed E-state index contributed by atoms with van der Waals surface area (Å²) < 4.78 is 0. The van der Waals surface area contributed by atoms with Crippen molar-refractivity contribution in [3.63, 3.8) is 0 Å². The topological polar surface area (TPSA) is 112 Å². The van der Waals surface area contributed by atoms with Crippen molar-refractivity contribution in [2.45, 2.75) is 13.3 Å². The van der Waals surface area contributed by atoms with E-state index in [9.17, 15) is 9.59 Å². The van der Waals surface area contributed by atoms with Crippen LogP contribution in [-0.4, -0.2) is 33.3 Å². The Balaban J connectivity index is 1.64. The zero-order chi connectivity index (χ0) is 17.6. The Morgan fingerprint density at radius 3 is 2.76 bits per heavy atom. The molecular weight excluding hydrogens is 320 g/mol. The normalized spacial score (nSPS) is 10.6. The summed E-state index contributed by atoms with van der Waals surface area (Å²) in [5.74, 6) is -0.395. The second-order valence-corrected chi connectivity index (χ2v) is 5.40. The highest BCUT2D eigenvalue weighted by Gasteiger charge is 2.10. The highest BCUT2D eigenvalue weighted by atomic mass is 16.2. The fourth-order valence-corrected chi connectivity index (χ4v) is 2.22. The SMILES string of the molecule is CCCNNC(=O)c1cnc(NC(=O)c2ccc3[nH]ccc3c2)cn1. The molecular formula is C17H18N6O2. The van der Waals surface area contributed by atoms with E-state index < -0.39 is 0 Å². The molecule has 128 valence electrons. The van der Waals surface area contributed by atoms with Crippen molar-refractivity contribution in [3.05, 3.63) is 54.1 Å². The second kappa shape index (κ2) is 7.54. The van der Waals surface area contributed by atoms with Gasteiger partial charge in [-0.25, -0.2) is 15.4 Å². The Morgan fingerprint density at radius 1 is 1.12 bits per heavy atom. The summed E-state index contributed by atoms with van der Waals surface area (Å²) in [5.41, 5.74) is 6.93. The highest BCUT2D eigenvalue weighted by Crippen LogP contribution is 2.15. The van der Waals surface area contributed by atoms with Crippen LogP contribution in [0.15, 0.2) is 42.9 Å². The number of hydrogen-bond acceptors (Lipinski definition) is 5. The van der Waals surface area contributed by atoms with Gasteiger partial charge in [0.2, 0.25) is 0 Å². The maximum atomic E-state index is 12.3. The van der Waals surface area contributed by atoms with Crippen LogP contribution in [0.3, 0.4) is 0 Å². The van der Waals surface area contributed by atoms with Gasteiger partial charge in [-0.2, -0.15) is 0 Å². The number of rotatable bonds is 6. The van der Waals surface area contributed by atoms with Crippen molar-refractivity contribution in [2.75, 3.05) is 11.9 Å². The zero-order valence-electron chi connectivity index (χ0n) is 13.7.